The van der Waals surface area contributed by atoms with E-state index in [2.05, 4.69) is 9.97 Å². The number of aryl methyl sites for hydroxylation is 1. The van der Waals surface area contributed by atoms with Gasteiger partial charge in [-0.15, -0.1) is 0 Å². The van der Waals surface area contributed by atoms with Crippen molar-refractivity contribution in [2.45, 2.75) is 13.5 Å². The average Bonchev–Trinajstić information content (AvgIpc) is 2.34. The molecule has 0 aliphatic rings. The van der Waals surface area contributed by atoms with Crippen LogP contribution in [-0.4, -0.2) is 25.6 Å². The van der Waals surface area contributed by atoms with Crippen molar-refractivity contribution in [1.82, 2.24) is 14.5 Å². The number of carbonyl (C=O) groups is 1. The van der Waals surface area contributed by atoms with Crippen molar-refractivity contribution in [2.24, 2.45) is 0 Å². The Morgan fingerprint density at radius 2 is 2.11 bits per heavy atom. The summed E-state index contributed by atoms with van der Waals surface area (Å²) in [6.07, 6.45) is 4.45. The molecule has 0 aliphatic heterocycles. The Morgan fingerprint density at radius 1 is 1.33 bits per heavy atom. The normalized spacial score (nSPS) is 10.3. The van der Waals surface area contributed by atoms with Crippen LogP contribution in [0.1, 0.15) is 21.6 Å². The van der Waals surface area contributed by atoms with Gasteiger partial charge in [0.05, 0.1) is 17.8 Å². The summed E-state index contributed by atoms with van der Waals surface area (Å²) in [5.41, 5.74) is 1.24. The second kappa shape index (κ2) is 4.79. The van der Waals surface area contributed by atoms with Crippen LogP contribution in [0, 0.1) is 6.92 Å². The fraction of sp³-hybridized carbons (Fsp3) is 0.167. The lowest BCUT2D eigenvalue weighted by Crippen LogP contribution is -2.23. The van der Waals surface area contributed by atoms with Crippen LogP contribution in [0.25, 0.3) is 0 Å². The lowest BCUT2D eigenvalue weighted by Gasteiger charge is -2.05. The molecule has 0 aliphatic carbocycles. The maximum Gasteiger partial charge on any atom is 0.347 e. The Kier molecular flexibility index (Phi) is 3.18. The molecule has 0 fully saturated rings. The van der Waals surface area contributed by atoms with Crippen LogP contribution in [0.3, 0.4) is 0 Å². The Labute approximate surface area is 103 Å². The third kappa shape index (κ3) is 2.60. The van der Waals surface area contributed by atoms with Crippen molar-refractivity contribution in [3.8, 4) is 0 Å². The molecule has 18 heavy (non-hydrogen) atoms. The topological polar surface area (TPSA) is 85.1 Å². The van der Waals surface area contributed by atoms with Gasteiger partial charge in [0.25, 0.3) is 0 Å². The van der Waals surface area contributed by atoms with Crippen molar-refractivity contribution >= 4 is 5.97 Å². The first kappa shape index (κ1) is 12.0. The summed E-state index contributed by atoms with van der Waals surface area (Å²) in [5.74, 6) is -1.02. The predicted molar refractivity (Wildman–Crippen MR) is 63.5 cm³/mol. The molecule has 0 saturated heterocycles. The van der Waals surface area contributed by atoms with Gasteiger partial charge in [-0.2, -0.15) is 0 Å². The minimum absolute atomic E-state index is 0.119. The lowest BCUT2D eigenvalue weighted by molar-refractivity contribution is 0.0696. The van der Waals surface area contributed by atoms with Crippen LogP contribution in [0.15, 0.2) is 35.5 Å². The lowest BCUT2D eigenvalue weighted by atomic mass is 10.2. The molecule has 0 amide bonds. The summed E-state index contributed by atoms with van der Waals surface area (Å²) in [6, 6.07) is 3.04. The number of hydrogen-bond donors (Lipinski definition) is 1. The van der Waals surface area contributed by atoms with E-state index in [9.17, 15) is 9.59 Å². The molecule has 2 aromatic heterocycles. The van der Waals surface area contributed by atoms with Gasteiger partial charge in [-0.3, -0.25) is 9.55 Å². The summed E-state index contributed by atoms with van der Waals surface area (Å²) in [7, 11) is 0. The van der Waals surface area contributed by atoms with Crippen LogP contribution in [-0.2, 0) is 6.54 Å². The van der Waals surface area contributed by atoms with Crippen molar-refractivity contribution in [2.75, 3.05) is 0 Å². The van der Waals surface area contributed by atoms with Gasteiger partial charge in [-0.05, 0) is 24.6 Å². The number of hydrogen-bond acceptors (Lipinski definition) is 4. The van der Waals surface area contributed by atoms with E-state index in [1.54, 1.807) is 12.3 Å². The Balaban J connectivity index is 2.26. The molecule has 6 nitrogen and oxygen atoms in total. The first-order chi connectivity index (χ1) is 8.56. The monoisotopic (exact) mass is 245 g/mol. The molecule has 2 heterocycles. The molecule has 0 radical (unpaired) electrons. The van der Waals surface area contributed by atoms with Gasteiger partial charge < -0.3 is 5.11 Å². The number of pyridine rings is 1. The molecule has 0 atom stereocenters. The Hall–Kier alpha value is -2.50. The maximum absolute atomic E-state index is 11.5. The summed E-state index contributed by atoms with van der Waals surface area (Å²) >= 11 is 0. The highest BCUT2D eigenvalue weighted by Gasteiger charge is 2.04. The van der Waals surface area contributed by atoms with E-state index in [1.165, 1.54) is 23.0 Å². The smallest absolute Gasteiger partial charge is 0.347 e. The van der Waals surface area contributed by atoms with Crippen LogP contribution < -0.4 is 5.69 Å². The van der Waals surface area contributed by atoms with Crippen molar-refractivity contribution in [3.63, 3.8) is 0 Å². The SMILES string of the molecule is Cc1cnc(=O)n(Cc2ccc(C(=O)O)cn2)c1. The molecule has 2 rings (SSSR count). The zero-order chi connectivity index (χ0) is 13.1. The van der Waals surface area contributed by atoms with Crippen LogP contribution in [0.4, 0.5) is 0 Å². The fourth-order valence-corrected chi connectivity index (χ4v) is 1.50. The molecule has 0 spiro atoms. The quantitative estimate of drug-likeness (QED) is 0.860. The predicted octanol–water partition coefficient (Wildman–Crippen LogP) is 0.693. The third-order valence-corrected chi connectivity index (χ3v) is 2.39. The van der Waals surface area contributed by atoms with E-state index in [0.717, 1.165) is 5.56 Å². The highest BCUT2D eigenvalue weighted by Crippen LogP contribution is 2.02. The van der Waals surface area contributed by atoms with Gasteiger partial charge in [0, 0.05) is 18.6 Å². The third-order valence-electron chi connectivity index (χ3n) is 2.39. The second-order valence-electron chi connectivity index (χ2n) is 3.89. The number of rotatable bonds is 3. The zero-order valence-electron chi connectivity index (χ0n) is 9.70. The van der Waals surface area contributed by atoms with E-state index in [1.807, 2.05) is 6.92 Å². The zero-order valence-corrected chi connectivity index (χ0v) is 9.70. The maximum atomic E-state index is 11.5. The van der Waals surface area contributed by atoms with Gasteiger partial charge >= 0.3 is 11.7 Å². The minimum atomic E-state index is -1.02. The van der Waals surface area contributed by atoms with E-state index >= 15 is 0 Å². The number of aromatic carboxylic acids is 1. The molecule has 0 unspecified atom stereocenters. The molecule has 0 saturated carbocycles. The minimum Gasteiger partial charge on any atom is -0.478 e. The van der Waals surface area contributed by atoms with Crippen molar-refractivity contribution < 1.29 is 9.90 Å². The number of carboxylic acid groups (broad SMARTS) is 1. The molecule has 0 bridgehead atoms. The summed E-state index contributed by atoms with van der Waals surface area (Å²) < 4.78 is 1.43. The van der Waals surface area contributed by atoms with Gasteiger partial charge in [-0.1, -0.05) is 0 Å². The largest absolute Gasteiger partial charge is 0.478 e. The second-order valence-corrected chi connectivity index (χ2v) is 3.89. The van der Waals surface area contributed by atoms with E-state index in [-0.39, 0.29) is 17.8 Å². The summed E-state index contributed by atoms with van der Waals surface area (Å²) in [4.78, 5) is 29.8. The highest BCUT2D eigenvalue weighted by atomic mass is 16.4. The highest BCUT2D eigenvalue weighted by molar-refractivity contribution is 5.87. The standard InChI is InChI=1S/C12H11N3O3/c1-8-4-14-12(18)15(6-8)7-10-3-2-9(5-13-10)11(16)17/h2-6H,7H2,1H3,(H,16,17). The Bertz CT molecular complexity index is 632. The molecule has 0 aromatic carbocycles. The van der Waals surface area contributed by atoms with E-state index in [0.29, 0.717) is 5.69 Å². The van der Waals surface area contributed by atoms with Crippen molar-refractivity contribution in [1.29, 1.82) is 0 Å². The molecule has 6 heteroatoms. The average molecular weight is 245 g/mol. The number of carboxylic acids is 1. The molecule has 2 aromatic rings. The fourth-order valence-electron chi connectivity index (χ4n) is 1.50. The molecular formula is C12H11N3O3. The van der Waals surface area contributed by atoms with Gasteiger partial charge in [0.15, 0.2) is 0 Å². The Morgan fingerprint density at radius 3 is 2.72 bits per heavy atom. The van der Waals surface area contributed by atoms with E-state index in [4.69, 9.17) is 5.11 Å². The van der Waals surface area contributed by atoms with Crippen LogP contribution >= 0.6 is 0 Å². The summed E-state index contributed by atoms with van der Waals surface area (Å²) in [6.45, 7) is 2.11. The number of aromatic nitrogens is 3. The van der Waals surface area contributed by atoms with Crippen molar-refractivity contribution in [3.05, 3.63) is 58.0 Å². The van der Waals surface area contributed by atoms with Gasteiger partial charge in [0.2, 0.25) is 0 Å². The first-order valence-corrected chi connectivity index (χ1v) is 5.27. The molecule has 1 N–H and O–H groups in total. The van der Waals surface area contributed by atoms with Gasteiger partial charge in [0.1, 0.15) is 0 Å². The summed E-state index contributed by atoms with van der Waals surface area (Å²) in [5, 5.41) is 8.74. The van der Waals surface area contributed by atoms with Gasteiger partial charge in [-0.25, -0.2) is 14.6 Å². The number of nitrogens with zero attached hydrogens (tertiary/aromatic N) is 3. The van der Waals surface area contributed by atoms with Crippen LogP contribution in [0.5, 0.6) is 0 Å². The first-order valence-electron chi connectivity index (χ1n) is 5.27. The molecular weight excluding hydrogens is 234 g/mol. The van der Waals surface area contributed by atoms with E-state index < -0.39 is 5.97 Å². The molecule has 92 valence electrons. The van der Waals surface area contributed by atoms with Crippen LogP contribution in [0.2, 0.25) is 0 Å².